The van der Waals surface area contributed by atoms with Gasteiger partial charge in [-0.3, -0.25) is 4.79 Å². The van der Waals surface area contributed by atoms with Crippen LogP contribution in [0.2, 0.25) is 0 Å². The standard InChI is InChI=1S/C15H19NO4/c1-10(2)20-15(17)9-16-6-5-12-13(16)7-11(18-3)8-14(12)19-4/h5-8,10H,9H2,1-4H3. The smallest absolute Gasteiger partial charge is 0.326 e. The molecule has 1 aromatic heterocycles. The van der Waals surface area contributed by atoms with Crippen molar-refractivity contribution in [1.82, 2.24) is 4.57 Å². The van der Waals surface area contributed by atoms with E-state index in [-0.39, 0.29) is 18.6 Å². The number of ether oxygens (including phenoxy) is 3. The van der Waals surface area contributed by atoms with Gasteiger partial charge in [0.25, 0.3) is 0 Å². The number of carbonyl (C=O) groups is 1. The van der Waals surface area contributed by atoms with Gasteiger partial charge in [-0.15, -0.1) is 0 Å². The molecule has 0 atom stereocenters. The molecule has 0 N–H and O–H groups in total. The maximum Gasteiger partial charge on any atom is 0.326 e. The van der Waals surface area contributed by atoms with Crippen LogP contribution >= 0.6 is 0 Å². The number of hydrogen-bond donors (Lipinski definition) is 0. The molecule has 0 bridgehead atoms. The molecule has 0 spiro atoms. The fraction of sp³-hybridized carbons (Fsp3) is 0.400. The molecular weight excluding hydrogens is 258 g/mol. The van der Waals surface area contributed by atoms with E-state index < -0.39 is 0 Å². The molecule has 0 unspecified atom stereocenters. The molecule has 0 amide bonds. The second-order valence-corrected chi connectivity index (χ2v) is 4.74. The van der Waals surface area contributed by atoms with Gasteiger partial charge < -0.3 is 18.8 Å². The van der Waals surface area contributed by atoms with Gasteiger partial charge in [-0.1, -0.05) is 0 Å². The third-order valence-corrected chi connectivity index (χ3v) is 2.95. The zero-order valence-corrected chi connectivity index (χ0v) is 12.2. The van der Waals surface area contributed by atoms with Crippen LogP contribution in [0.15, 0.2) is 24.4 Å². The molecule has 0 aliphatic rings. The van der Waals surface area contributed by atoms with Crippen molar-refractivity contribution in [2.24, 2.45) is 0 Å². The number of fused-ring (bicyclic) bond motifs is 1. The molecule has 1 aromatic carbocycles. The normalized spacial score (nSPS) is 10.8. The largest absolute Gasteiger partial charge is 0.497 e. The fourth-order valence-corrected chi connectivity index (χ4v) is 2.10. The van der Waals surface area contributed by atoms with Crippen molar-refractivity contribution in [3.8, 4) is 11.5 Å². The molecule has 20 heavy (non-hydrogen) atoms. The summed E-state index contributed by atoms with van der Waals surface area (Å²) in [5.74, 6) is 1.14. The van der Waals surface area contributed by atoms with Crippen molar-refractivity contribution < 1.29 is 19.0 Å². The summed E-state index contributed by atoms with van der Waals surface area (Å²) < 4.78 is 17.6. The van der Waals surface area contributed by atoms with Crippen LogP contribution in [0.4, 0.5) is 0 Å². The fourth-order valence-electron chi connectivity index (χ4n) is 2.10. The zero-order chi connectivity index (χ0) is 14.7. The van der Waals surface area contributed by atoms with Gasteiger partial charge in [0.15, 0.2) is 0 Å². The average molecular weight is 277 g/mol. The van der Waals surface area contributed by atoms with Crippen molar-refractivity contribution in [2.75, 3.05) is 14.2 Å². The number of rotatable bonds is 5. The summed E-state index contributed by atoms with van der Waals surface area (Å²) >= 11 is 0. The molecule has 0 aliphatic heterocycles. The molecule has 0 saturated carbocycles. The number of aromatic nitrogens is 1. The van der Waals surface area contributed by atoms with Crippen molar-refractivity contribution in [3.05, 3.63) is 24.4 Å². The highest BCUT2D eigenvalue weighted by molar-refractivity contribution is 5.89. The van der Waals surface area contributed by atoms with Crippen molar-refractivity contribution in [2.45, 2.75) is 26.5 Å². The van der Waals surface area contributed by atoms with Crippen LogP contribution in [-0.2, 0) is 16.1 Å². The van der Waals surface area contributed by atoms with E-state index in [0.717, 1.165) is 16.7 Å². The van der Waals surface area contributed by atoms with Crippen molar-refractivity contribution in [1.29, 1.82) is 0 Å². The first-order valence-corrected chi connectivity index (χ1v) is 6.45. The second kappa shape index (κ2) is 5.86. The highest BCUT2D eigenvalue weighted by atomic mass is 16.5. The Morgan fingerprint density at radius 2 is 2.00 bits per heavy atom. The highest BCUT2D eigenvalue weighted by Crippen LogP contribution is 2.31. The van der Waals surface area contributed by atoms with Crippen LogP contribution in [0, 0.1) is 0 Å². The van der Waals surface area contributed by atoms with E-state index in [1.54, 1.807) is 14.2 Å². The molecule has 2 aromatic rings. The van der Waals surface area contributed by atoms with E-state index >= 15 is 0 Å². The summed E-state index contributed by atoms with van der Waals surface area (Å²) in [5, 5.41) is 0.936. The summed E-state index contributed by atoms with van der Waals surface area (Å²) in [5.41, 5.74) is 0.877. The third-order valence-electron chi connectivity index (χ3n) is 2.95. The van der Waals surface area contributed by atoms with Gasteiger partial charge in [0, 0.05) is 23.7 Å². The second-order valence-electron chi connectivity index (χ2n) is 4.74. The molecule has 0 aliphatic carbocycles. The van der Waals surface area contributed by atoms with E-state index in [9.17, 15) is 4.79 Å². The molecule has 0 saturated heterocycles. The molecule has 5 heteroatoms. The maximum absolute atomic E-state index is 11.8. The first-order chi connectivity index (χ1) is 9.55. The number of benzene rings is 1. The lowest BCUT2D eigenvalue weighted by molar-refractivity contribution is -0.148. The number of hydrogen-bond acceptors (Lipinski definition) is 4. The Morgan fingerprint density at radius 1 is 1.25 bits per heavy atom. The van der Waals surface area contributed by atoms with Gasteiger partial charge >= 0.3 is 5.97 Å². The van der Waals surface area contributed by atoms with E-state index in [2.05, 4.69) is 0 Å². The predicted octanol–water partition coefficient (Wildman–Crippen LogP) is 2.61. The Bertz CT molecular complexity index is 616. The van der Waals surface area contributed by atoms with E-state index in [4.69, 9.17) is 14.2 Å². The molecule has 0 radical (unpaired) electrons. The zero-order valence-electron chi connectivity index (χ0n) is 12.2. The Labute approximate surface area is 118 Å². The minimum atomic E-state index is -0.265. The summed E-state index contributed by atoms with van der Waals surface area (Å²) in [6, 6.07) is 5.61. The summed E-state index contributed by atoms with van der Waals surface area (Å²) in [7, 11) is 3.21. The Morgan fingerprint density at radius 3 is 2.60 bits per heavy atom. The summed E-state index contributed by atoms with van der Waals surface area (Å²) in [6.07, 6.45) is 1.72. The van der Waals surface area contributed by atoms with Gasteiger partial charge in [0.2, 0.25) is 0 Å². The Kier molecular flexibility index (Phi) is 4.17. The van der Waals surface area contributed by atoms with Crippen LogP contribution in [0.5, 0.6) is 11.5 Å². The van der Waals surface area contributed by atoms with Crippen molar-refractivity contribution >= 4 is 16.9 Å². The van der Waals surface area contributed by atoms with Crippen LogP contribution in [-0.4, -0.2) is 30.9 Å². The summed E-state index contributed by atoms with van der Waals surface area (Å²) in [4.78, 5) is 11.8. The van der Waals surface area contributed by atoms with E-state index in [0.29, 0.717) is 5.75 Å². The SMILES string of the molecule is COc1cc(OC)c2ccn(CC(=O)OC(C)C)c2c1. The number of methoxy groups -OCH3 is 2. The van der Waals surface area contributed by atoms with E-state index in [1.807, 2.05) is 42.8 Å². The van der Waals surface area contributed by atoms with E-state index in [1.165, 1.54) is 0 Å². The van der Waals surface area contributed by atoms with Gasteiger partial charge in [0.1, 0.15) is 18.0 Å². The summed E-state index contributed by atoms with van der Waals surface area (Å²) in [6.45, 7) is 3.83. The lowest BCUT2D eigenvalue weighted by atomic mass is 10.2. The van der Waals surface area contributed by atoms with Crippen LogP contribution in [0.1, 0.15) is 13.8 Å². The minimum Gasteiger partial charge on any atom is -0.497 e. The monoisotopic (exact) mass is 277 g/mol. The third kappa shape index (κ3) is 2.87. The molecular formula is C15H19NO4. The lowest BCUT2D eigenvalue weighted by Crippen LogP contribution is -2.17. The Balaban J connectivity index is 2.37. The minimum absolute atomic E-state index is 0.117. The van der Waals surface area contributed by atoms with Crippen LogP contribution < -0.4 is 9.47 Å². The maximum atomic E-state index is 11.8. The Hall–Kier alpha value is -2.17. The van der Waals surface area contributed by atoms with Gasteiger partial charge in [-0.2, -0.15) is 0 Å². The van der Waals surface area contributed by atoms with Crippen LogP contribution in [0.25, 0.3) is 10.9 Å². The molecule has 108 valence electrons. The van der Waals surface area contributed by atoms with Gasteiger partial charge in [-0.05, 0) is 19.9 Å². The first kappa shape index (κ1) is 14.2. The average Bonchev–Trinajstić information content (AvgIpc) is 2.79. The quantitative estimate of drug-likeness (QED) is 0.788. The number of esters is 1. The molecule has 1 heterocycles. The number of nitrogens with zero attached hydrogens (tertiary/aromatic N) is 1. The van der Waals surface area contributed by atoms with Gasteiger partial charge in [0.05, 0.1) is 25.8 Å². The molecule has 0 fully saturated rings. The molecule has 2 rings (SSSR count). The molecule has 5 nitrogen and oxygen atoms in total. The highest BCUT2D eigenvalue weighted by Gasteiger charge is 2.12. The van der Waals surface area contributed by atoms with Gasteiger partial charge in [-0.25, -0.2) is 0 Å². The lowest BCUT2D eigenvalue weighted by Gasteiger charge is -2.11. The van der Waals surface area contributed by atoms with Crippen LogP contribution in [0.3, 0.4) is 0 Å². The topological polar surface area (TPSA) is 49.7 Å². The number of carbonyl (C=O) groups excluding carboxylic acids is 1. The van der Waals surface area contributed by atoms with Crippen molar-refractivity contribution in [3.63, 3.8) is 0 Å². The predicted molar refractivity (Wildman–Crippen MR) is 76.3 cm³/mol. The first-order valence-electron chi connectivity index (χ1n) is 6.45.